The van der Waals surface area contributed by atoms with E-state index < -0.39 is 5.91 Å². The topological polar surface area (TPSA) is 93.0 Å². The number of amides is 1. The highest BCUT2D eigenvalue weighted by atomic mass is 32.1. The number of rotatable bonds is 4. The first-order chi connectivity index (χ1) is 12.5. The van der Waals surface area contributed by atoms with Crippen LogP contribution in [0.1, 0.15) is 15.9 Å². The highest BCUT2D eigenvalue weighted by Gasteiger charge is 2.13. The van der Waals surface area contributed by atoms with Crippen molar-refractivity contribution < 1.29 is 14.3 Å². The van der Waals surface area contributed by atoms with Crippen LogP contribution in [-0.2, 0) is 0 Å². The Hall–Kier alpha value is -3.26. The molecule has 0 aliphatic carbocycles. The maximum absolute atomic E-state index is 13.3. The molecule has 26 heavy (non-hydrogen) atoms. The van der Waals surface area contributed by atoms with Crippen LogP contribution < -0.4 is 10.5 Å². The number of phenols is 1. The van der Waals surface area contributed by atoms with E-state index in [2.05, 4.69) is 10.1 Å². The third kappa shape index (κ3) is 3.55. The molecule has 8 heteroatoms. The van der Waals surface area contributed by atoms with Crippen molar-refractivity contribution in [2.75, 3.05) is 7.05 Å². The molecule has 2 aromatic carbocycles. The Morgan fingerprint density at radius 3 is 2.81 bits per heavy atom. The van der Waals surface area contributed by atoms with Gasteiger partial charge in [-0.3, -0.25) is 9.79 Å². The quantitative estimate of drug-likeness (QED) is 0.691. The molecule has 0 saturated carbocycles. The van der Waals surface area contributed by atoms with Gasteiger partial charge < -0.3 is 10.8 Å². The minimum Gasteiger partial charge on any atom is -0.507 e. The lowest BCUT2D eigenvalue weighted by Gasteiger charge is -2.06. The second-order valence-corrected chi connectivity index (χ2v) is 6.17. The van der Waals surface area contributed by atoms with Crippen molar-refractivity contribution in [2.24, 2.45) is 15.8 Å². The summed E-state index contributed by atoms with van der Waals surface area (Å²) < 4.78 is 14.9. The van der Waals surface area contributed by atoms with Crippen molar-refractivity contribution in [1.82, 2.24) is 4.68 Å². The Labute approximate surface area is 152 Å². The second kappa shape index (κ2) is 7.32. The molecule has 132 valence electrons. The van der Waals surface area contributed by atoms with E-state index in [4.69, 9.17) is 5.73 Å². The molecule has 0 unspecified atom stereocenters. The van der Waals surface area contributed by atoms with Gasteiger partial charge >= 0.3 is 0 Å². The van der Waals surface area contributed by atoms with Crippen LogP contribution in [0.5, 0.6) is 5.75 Å². The number of nitrogens with two attached hydrogens (primary N) is 1. The smallest absolute Gasteiger partial charge is 0.252 e. The summed E-state index contributed by atoms with van der Waals surface area (Å²) in [4.78, 5) is 16.3. The number of primary amides is 1. The number of nitrogens with zero attached hydrogens (tertiary/aromatic N) is 3. The zero-order valence-electron chi connectivity index (χ0n) is 13.8. The van der Waals surface area contributed by atoms with Crippen LogP contribution in [0.25, 0.3) is 11.3 Å². The number of benzene rings is 2. The van der Waals surface area contributed by atoms with Crippen molar-refractivity contribution in [3.05, 3.63) is 69.6 Å². The highest BCUT2D eigenvalue weighted by Crippen LogP contribution is 2.26. The van der Waals surface area contributed by atoms with E-state index >= 15 is 0 Å². The molecule has 6 nitrogen and oxygen atoms in total. The summed E-state index contributed by atoms with van der Waals surface area (Å²) in [6.07, 6.45) is 1.52. The molecule has 1 heterocycles. The van der Waals surface area contributed by atoms with Crippen LogP contribution in [0.15, 0.2) is 57.9 Å². The van der Waals surface area contributed by atoms with Crippen LogP contribution in [-0.4, -0.2) is 29.0 Å². The van der Waals surface area contributed by atoms with Gasteiger partial charge in [0.15, 0.2) is 0 Å². The summed E-state index contributed by atoms with van der Waals surface area (Å²) in [7, 11) is 1.63. The largest absolute Gasteiger partial charge is 0.507 e. The van der Waals surface area contributed by atoms with Crippen LogP contribution in [0, 0.1) is 5.82 Å². The number of halogens is 1. The van der Waals surface area contributed by atoms with E-state index in [1.165, 1.54) is 41.8 Å². The van der Waals surface area contributed by atoms with Gasteiger partial charge in [0.05, 0.1) is 17.5 Å². The second-order valence-electron chi connectivity index (χ2n) is 5.33. The van der Waals surface area contributed by atoms with Crippen molar-refractivity contribution in [1.29, 1.82) is 0 Å². The summed E-state index contributed by atoms with van der Waals surface area (Å²) in [6, 6.07) is 10.6. The summed E-state index contributed by atoms with van der Waals surface area (Å²) in [5.74, 6) is -1.27. The third-order valence-electron chi connectivity index (χ3n) is 3.61. The normalized spacial score (nSPS) is 12.0. The molecule has 0 aliphatic heterocycles. The maximum atomic E-state index is 13.3. The number of hydrogen-bond donors (Lipinski definition) is 2. The van der Waals surface area contributed by atoms with Crippen molar-refractivity contribution in [2.45, 2.75) is 0 Å². The first-order valence-corrected chi connectivity index (χ1v) is 8.44. The molecule has 3 aromatic rings. The van der Waals surface area contributed by atoms with Crippen molar-refractivity contribution in [3.8, 4) is 17.0 Å². The monoisotopic (exact) mass is 370 g/mol. The van der Waals surface area contributed by atoms with Crippen LogP contribution in [0.2, 0.25) is 0 Å². The van der Waals surface area contributed by atoms with E-state index in [9.17, 15) is 14.3 Å². The molecule has 0 fully saturated rings. The number of carbonyl (C=O) groups excluding carboxylic acids is 1. The SMILES string of the molecule is CN=c1scc(-c2ccc(O)c(C(N)=O)c2)n1/N=C/c1cccc(F)c1. The Morgan fingerprint density at radius 2 is 2.12 bits per heavy atom. The molecule has 0 saturated heterocycles. The standard InChI is InChI=1S/C18H15FN4O2S/c1-21-18-23(22-9-11-3-2-4-13(19)7-11)15(10-26-18)12-5-6-16(24)14(8-12)17(20)25/h2-10,24H,1H3,(H2,20,25)/b21-18?,22-9+. The van der Waals surface area contributed by atoms with E-state index in [1.807, 2.05) is 5.38 Å². The maximum Gasteiger partial charge on any atom is 0.252 e. The van der Waals surface area contributed by atoms with E-state index in [0.717, 1.165) is 0 Å². The fourth-order valence-electron chi connectivity index (χ4n) is 2.36. The molecule has 3 rings (SSSR count). The molecular formula is C18H15FN4O2S. The summed E-state index contributed by atoms with van der Waals surface area (Å²) in [5.41, 5.74) is 7.20. The van der Waals surface area contributed by atoms with Gasteiger partial charge in [0, 0.05) is 18.0 Å². The average Bonchev–Trinajstić information content (AvgIpc) is 3.03. The summed E-state index contributed by atoms with van der Waals surface area (Å²) in [5, 5.41) is 16.0. The number of hydrogen-bond acceptors (Lipinski definition) is 5. The predicted molar refractivity (Wildman–Crippen MR) is 98.8 cm³/mol. The zero-order chi connectivity index (χ0) is 18.7. The minimum absolute atomic E-state index is 0.0179. The Morgan fingerprint density at radius 1 is 1.31 bits per heavy atom. The van der Waals surface area contributed by atoms with Crippen LogP contribution >= 0.6 is 11.3 Å². The van der Waals surface area contributed by atoms with Crippen LogP contribution in [0.4, 0.5) is 4.39 Å². The lowest BCUT2D eigenvalue weighted by Crippen LogP contribution is -2.13. The Balaban J connectivity index is 2.09. The number of carbonyl (C=O) groups is 1. The van der Waals surface area contributed by atoms with Crippen molar-refractivity contribution in [3.63, 3.8) is 0 Å². The number of thiazole rings is 1. The Kier molecular flexibility index (Phi) is 4.94. The van der Waals surface area contributed by atoms with E-state index in [1.54, 1.807) is 29.9 Å². The molecule has 1 amide bonds. The third-order valence-corrected chi connectivity index (χ3v) is 4.51. The van der Waals surface area contributed by atoms with Gasteiger partial charge in [-0.05, 0) is 35.9 Å². The predicted octanol–water partition coefficient (Wildman–Crippen LogP) is 2.57. The number of aromatic nitrogens is 1. The average molecular weight is 370 g/mol. The van der Waals surface area contributed by atoms with Gasteiger partial charge in [-0.25, -0.2) is 9.07 Å². The molecule has 0 aliphatic rings. The first kappa shape index (κ1) is 17.6. The molecule has 0 spiro atoms. The minimum atomic E-state index is -0.727. The first-order valence-electron chi connectivity index (χ1n) is 7.56. The molecular weight excluding hydrogens is 355 g/mol. The zero-order valence-corrected chi connectivity index (χ0v) is 14.6. The highest BCUT2D eigenvalue weighted by molar-refractivity contribution is 7.07. The lowest BCUT2D eigenvalue weighted by atomic mass is 10.1. The summed E-state index contributed by atoms with van der Waals surface area (Å²) in [6.45, 7) is 0. The van der Waals surface area contributed by atoms with Gasteiger partial charge in [-0.1, -0.05) is 12.1 Å². The lowest BCUT2D eigenvalue weighted by molar-refractivity contribution is 0.0998. The molecule has 0 radical (unpaired) electrons. The van der Waals surface area contributed by atoms with Gasteiger partial charge in [0.25, 0.3) is 5.91 Å². The fourth-order valence-corrected chi connectivity index (χ4v) is 3.17. The van der Waals surface area contributed by atoms with Gasteiger partial charge in [0.1, 0.15) is 11.6 Å². The van der Waals surface area contributed by atoms with Gasteiger partial charge in [-0.2, -0.15) is 5.10 Å². The van der Waals surface area contributed by atoms with Gasteiger partial charge in [-0.15, -0.1) is 11.3 Å². The molecule has 0 atom stereocenters. The molecule has 3 N–H and O–H groups in total. The number of aromatic hydroxyl groups is 1. The summed E-state index contributed by atoms with van der Waals surface area (Å²) >= 11 is 1.36. The van der Waals surface area contributed by atoms with Crippen molar-refractivity contribution >= 4 is 23.5 Å². The Bertz CT molecular complexity index is 1070. The van der Waals surface area contributed by atoms with E-state index in [0.29, 0.717) is 21.6 Å². The van der Waals surface area contributed by atoms with Crippen LogP contribution in [0.3, 0.4) is 0 Å². The van der Waals surface area contributed by atoms with Gasteiger partial charge in [0.2, 0.25) is 4.80 Å². The molecule has 1 aromatic heterocycles. The molecule has 0 bridgehead atoms. The van der Waals surface area contributed by atoms with E-state index in [-0.39, 0.29) is 17.1 Å². The fraction of sp³-hybridized carbons (Fsp3) is 0.0556.